The van der Waals surface area contributed by atoms with Crippen LogP contribution in [0, 0.1) is 11.8 Å². The van der Waals surface area contributed by atoms with E-state index >= 15 is 0 Å². The van der Waals surface area contributed by atoms with E-state index in [1.54, 1.807) is 0 Å². The molecule has 1 N–H and O–H groups in total. The maximum atomic E-state index is 3.32. The normalized spacial score (nSPS) is 25.5. The lowest BCUT2D eigenvalue weighted by molar-refractivity contribution is 0.165. The van der Waals surface area contributed by atoms with E-state index in [0.29, 0.717) is 0 Å². The van der Waals surface area contributed by atoms with Crippen LogP contribution in [0.3, 0.4) is 0 Å². The Kier molecular flexibility index (Phi) is 2.66. The molecule has 2 rings (SSSR count). The summed E-state index contributed by atoms with van der Waals surface area (Å²) in [5.41, 5.74) is 0. The third-order valence-corrected chi connectivity index (χ3v) is 3.23. The topological polar surface area (TPSA) is 15.3 Å². The second kappa shape index (κ2) is 3.75. The molecule has 1 heterocycles. The van der Waals surface area contributed by atoms with Crippen molar-refractivity contribution in [3.63, 3.8) is 0 Å². The van der Waals surface area contributed by atoms with Gasteiger partial charge in [-0.1, -0.05) is 6.42 Å². The van der Waals surface area contributed by atoms with Crippen molar-refractivity contribution in [3.8, 4) is 0 Å². The zero-order valence-corrected chi connectivity index (χ0v) is 8.05. The highest BCUT2D eigenvalue weighted by Gasteiger charge is 2.22. The van der Waals surface area contributed by atoms with Crippen LogP contribution in [-0.4, -0.2) is 38.1 Å². The highest BCUT2D eigenvalue weighted by atomic mass is 15.1. The Bertz CT molecular complexity index is 123. The zero-order valence-electron chi connectivity index (χ0n) is 8.05. The Morgan fingerprint density at radius 3 is 2.25 bits per heavy atom. The molecule has 12 heavy (non-hydrogen) atoms. The molecular weight excluding hydrogens is 148 g/mol. The Morgan fingerprint density at radius 2 is 1.83 bits per heavy atom. The molecule has 0 aromatic heterocycles. The highest BCUT2D eigenvalue weighted by molar-refractivity contribution is 4.79. The zero-order chi connectivity index (χ0) is 8.39. The summed E-state index contributed by atoms with van der Waals surface area (Å²) >= 11 is 0. The van der Waals surface area contributed by atoms with Gasteiger partial charge in [0.25, 0.3) is 0 Å². The van der Waals surface area contributed by atoms with Crippen LogP contribution in [0.15, 0.2) is 0 Å². The second-order valence-corrected chi connectivity index (χ2v) is 4.54. The molecule has 2 aliphatic rings. The first-order valence-corrected chi connectivity index (χ1v) is 5.24. The molecule has 1 saturated carbocycles. The fourth-order valence-corrected chi connectivity index (χ4v) is 2.11. The average Bonchev–Trinajstić information content (AvgIpc) is 1.89. The number of hydrogen-bond donors (Lipinski definition) is 1. The molecule has 2 fully saturated rings. The van der Waals surface area contributed by atoms with Crippen LogP contribution >= 0.6 is 0 Å². The maximum Gasteiger partial charge on any atom is 0.00310 e. The fraction of sp³-hybridized carbons (Fsp3) is 1.00. The Hall–Kier alpha value is -0.0800. The van der Waals surface area contributed by atoms with E-state index in [-0.39, 0.29) is 0 Å². The summed E-state index contributed by atoms with van der Waals surface area (Å²) < 4.78 is 0. The van der Waals surface area contributed by atoms with Gasteiger partial charge < -0.3 is 10.2 Å². The van der Waals surface area contributed by atoms with Crippen molar-refractivity contribution >= 4 is 0 Å². The standard InChI is InChI=1S/C10H20N2/c1-12(7-9-3-2-4-9)8-10-5-11-6-10/h9-11H,2-8H2,1H3. The predicted molar refractivity (Wildman–Crippen MR) is 51.2 cm³/mol. The van der Waals surface area contributed by atoms with Gasteiger partial charge in [-0.2, -0.15) is 0 Å². The van der Waals surface area contributed by atoms with E-state index in [2.05, 4.69) is 17.3 Å². The summed E-state index contributed by atoms with van der Waals surface area (Å²) in [4.78, 5) is 2.52. The van der Waals surface area contributed by atoms with Crippen molar-refractivity contribution in [2.75, 3.05) is 33.2 Å². The Balaban J connectivity index is 1.58. The number of hydrogen-bond acceptors (Lipinski definition) is 2. The van der Waals surface area contributed by atoms with E-state index in [1.165, 1.54) is 45.4 Å². The van der Waals surface area contributed by atoms with E-state index < -0.39 is 0 Å². The van der Waals surface area contributed by atoms with Crippen LogP contribution < -0.4 is 5.32 Å². The number of nitrogens with one attached hydrogen (secondary N) is 1. The Labute approximate surface area is 75.3 Å². The van der Waals surface area contributed by atoms with Crippen molar-refractivity contribution in [1.82, 2.24) is 10.2 Å². The van der Waals surface area contributed by atoms with Gasteiger partial charge in [-0.05, 0) is 31.7 Å². The quantitative estimate of drug-likeness (QED) is 0.672. The molecule has 1 aliphatic carbocycles. The van der Waals surface area contributed by atoms with Crippen molar-refractivity contribution in [2.45, 2.75) is 19.3 Å². The Morgan fingerprint density at radius 1 is 1.17 bits per heavy atom. The second-order valence-electron chi connectivity index (χ2n) is 4.54. The minimum absolute atomic E-state index is 0.940. The summed E-state index contributed by atoms with van der Waals surface area (Å²) in [6.07, 6.45) is 4.43. The largest absolute Gasteiger partial charge is 0.316 e. The summed E-state index contributed by atoms with van der Waals surface area (Å²) in [5.74, 6) is 1.97. The first-order valence-electron chi connectivity index (χ1n) is 5.24. The number of rotatable bonds is 4. The molecule has 2 heteroatoms. The van der Waals surface area contributed by atoms with Crippen LogP contribution in [0.25, 0.3) is 0 Å². The molecule has 0 unspecified atom stereocenters. The van der Waals surface area contributed by atoms with Gasteiger partial charge in [0, 0.05) is 26.2 Å². The first-order chi connectivity index (χ1) is 5.84. The van der Waals surface area contributed by atoms with Gasteiger partial charge in [0.05, 0.1) is 0 Å². The van der Waals surface area contributed by atoms with Gasteiger partial charge in [-0.3, -0.25) is 0 Å². The highest BCUT2D eigenvalue weighted by Crippen LogP contribution is 2.26. The van der Waals surface area contributed by atoms with E-state index in [0.717, 1.165) is 11.8 Å². The van der Waals surface area contributed by atoms with E-state index in [1.807, 2.05) is 0 Å². The molecule has 0 bridgehead atoms. The molecule has 0 amide bonds. The number of nitrogens with zero attached hydrogens (tertiary/aromatic N) is 1. The van der Waals surface area contributed by atoms with Gasteiger partial charge in [0.15, 0.2) is 0 Å². The minimum atomic E-state index is 0.940. The van der Waals surface area contributed by atoms with Crippen LogP contribution in [0.1, 0.15) is 19.3 Å². The van der Waals surface area contributed by atoms with Crippen molar-refractivity contribution in [1.29, 1.82) is 0 Å². The SMILES string of the molecule is CN(CC1CCC1)CC1CNC1. The summed E-state index contributed by atoms with van der Waals surface area (Å²) in [5, 5.41) is 3.32. The van der Waals surface area contributed by atoms with Crippen LogP contribution in [0.4, 0.5) is 0 Å². The molecular formula is C10H20N2. The van der Waals surface area contributed by atoms with Crippen LogP contribution in [0.5, 0.6) is 0 Å². The van der Waals surface area contributed by atoms with Gasteiger partial charge in [-0.25, -0.2) is 0 Å². The monoisotopic (exact) mass is 168 g/mol. The summed E-state index contributed by atoms with van der Waals surface area (Å²) in [7, 11) is 2.27. The molecule has 1 aliphatic heterocycles. The molecule has 0 aromatic carbocycles. The van der Waals surface area contributed by atoms with Gasteiger partial charge in [0.1, 0.15) is 0 Å². The predicted octanol–water partition coefficient (Wildman–Crippen LogP) is 0.938. The molecule has 0 radical (unpaired) electrons. The molecule has 0 aromatic rings. The fourth-order valence-electron chi connectivity index (χ4n) is 2.11. The summed E-state index contributed by atoms with van der Waals surface area (Å²) in [6, 6.07) is 0. The maximum absolute atomic E-state index is 3.32. The van der Waals surface area contributed by atoms with Crippen LogP contribution in [0.2, 0.25) is 0 Å². The van der Waals surface area contributed by atoms with Gasteiger partial charge in [-0.15, -0.1) is 0 Å². The first kappa shape index (κ1) is 8.52. The smallest absolute Gasteiger partial charge is 0.00310 e. The van der Waals surface area contributed by atoms with Crippen LogP contribution in [-0.2, 0) is 0 Å². The summed E-state index contributed by atoms with van der Waals surface area (Å²) in [6.45, 7) is 5.14. The average molecular weight is 168 g/mol. The van der Waals surface area contributed by atoms with Crippen molar-refractivity contribution in [3.05, 3.63) is 0 Å². The van der Waals surface area contributed by atoms with E-state index in [4.69, 9.17) is 0 Å². The molecule has 0 atom stereocenters. The van der Waals surface area contributed by atoms with Gasteiger partial charge >= 0.3 is 0 Å². The third-order valence-electron chi connectivity index (χ3n) is 3.23. The van der Waals surface area contributed by atoms with Gasteiger partial charge in [0.2, 0.25) is 0 Å². The molecule has 1 saturated heterocycles. The molecule has 0 spiro atoms. The third kappa shape index (κ3) is 1.99. The lowest BCUT2D eigenvalue weighted by Gasteiger charge is -2.35. The molecule has 70 valence electrons. The van der Waals surface area contributed by atoms with Crippen molar-refractivity contribution < 1.29 is 0 Å². The lowest BCUT2D eigenvalue weighted by atomic mass is 9.85. The lowest BCUT2D eigenvalue weighted by Crippen LogP contribution is -2.48. The van der Waals surface area contributed by atoms with Crippen molar-refractivity contribution in [2.24, 2.45) is 11.8 Å². The van der Waals surface area contributed by atoms with E-state index in [9.17, 15) is 0 Å². The minimum Gasteiger partial charge on any atom is -0.316 e. The molecule has 2 nitrogen and oxygen atoms in total.